The number of benzene rings is 1. The Bertz CT molecular complexity index is 427. The lowest BCUT2D eigenvalue weighted by Gasteiger charge is -2.30. The van der Waals surface area contributed by atoms with E-state index in [1.165, 1.54) is 5.56 Å². The minimum atomic E-state index is -0.521. The van der Waals surface area contributed by atoms with Gasteiger partial charge in [-0.05, 0) is 12.5 Å². The SMILES string of the molecule is C=CC(Cc1ccccc1)(OCC)C1=NCCN1. The smallest absolute Gasteiger partial charge is 0.147 e. The highest BCUT2D eigenvalue weighted by Crippen LogP contribution is 2.22. The lowest BCUT2D eigenvalue weighted by Crippen LogP contribution is -2.47. The molecule has 1 aromatic rings. The van der Waals surface area contributed by atoms with Gasteiger partial charge in [0.25, 0.3) is 0 Å². The maximum Gasteiger partial charge on any atom is 0.147 e. The molecule has 0 aliphatic carbocycles. The number of hydrogen-bond donors (Lipinski definition) is 1. The molecule has 0 amide bonds. The van der Waals surface area contributed by atoms with Crippen molar-refractivity contribution in [3.05, 3.63) is 48.6 Å². The molecule has 1 unspecified atom stereocenters. The van der Waals surface area contributed by atoms with Crippen LogP contribution in [0, 0.1) is 0 Å². The van der Waals surface area contributed by atoms with Crippen molar-refractivity contribution in [1.29, 1.82) is 0 Å². The molecule has 1 aromatic carbocycles. The fraction of sp³-hybridized carbons (Fsp3) is 0.400. The molecule has 2 rings (SSSR count). The summed E-state index contributed by atoms with van der Waals surface area (Å²) >= 11 is 0. The summed E-state index contributed by atoms with van der Waals surface area (Å²) in [6, 6.07) is 10.3. The van der Waals surface area contributed by atoms with Gasteiger partial charge in [-0.2, -0.15) is 0 Å². The number of ether oxygens (including phenoxy) is 1. The second-order valence-electron chi connectivity index (χ2n) is 4.35. The third-order valence-corrected chi connectivity index (χ3v) is 3.12. The second kappa shape index (κ2) is 5.83. The molecule has 0 bridgehead atoms. The van der Waals surface area contributed by atoms with Crippen molar-refractivity contribution in [1.82, 2.24) is 5.32 Å². The van der Waals surface area contributed by atoms with Crippen LogP contribution in [0.15, 0.2) is 48.0 Å². The van der Waals surface area contributed by atoms with E-state index in [4.69, 9.17) is 4.74 Å². The number of hydrogen-bond acceptors (Lipinski definition) is 3. The molecule has 0 saturated heterocycles. The molecule has 1 heterocycles. The van der Waals surface area contributed by atoms with E-state index in [2.05, 4.69) is 29.0 Å². The van der Waals surface area contributed by atoms with Crippen molar-refractivity contribution in [2.75, 3.05) is 19.7 Å². The molecule has 1 atom stereocenters. The summed E-state index contributed by atoms with van der Waals surface area (Å²) in [5.74, 6) is 0.906. The van der Waals surface area contributed by atoms with Crippen molar-refractivity contribution in [2.45, 2.75) is 18.9 Å². The normalized spacial score (nSPS) is 17.7. The first-order valence-electron chi connectivity index (χ1n) is 6.41. The van der Waals surface area contributed by atoms with Gasteiger partial charge in [0.2, 0.25) is 0 Å². The van der Waals surface area contributed by atoms with Crippen LogP contribution in [0.3, 0.4) is 0 Å². The lowest BCUT2D eigenvalue weighted by atomic mass is 9.92. The maximum atomic E-state index is 5.96. The summed E-state index contributed by atoms with van der Waals surface area (Å²) in [6.07, 6.45) is 2.62. The predicted octanol–water partition coefficient (Wildman–Crippen LogP) is 2.19. The number of rotatable bonds is 6. The van der Waals surface area contributed by atoms with E-state index in [1.807, 2.05) is 31.2 Å². The molecule has 1 N–H and O–H groups in total. The van der Waals surface area contributed by atoms with Gasteiger partial charge in [-0.1, -0.05) is 43.0 Å². The van der Waals surface area contributed by atoms with Crippen LogP contribution in [0.1, 0.15) is 12.5 Å². The molecule has 18 heavy (non-hydrogen) atoms. The van der Waals surface area contributed by atoms with Crippen molar-refractivity contribution in [3.63, 3.8) is 0 Å². The van der Waals surface area contributed by atoms with Crippen LogP contribution in [-0.2, 0) is 11.2 Å². The Morgan fingerprint density at radius 3 is 2.78 bits per heavy atom. The van der Waals surface area contributed by atoms with E-state index >= 15 is 0 Å². The molecule has 3 heteroatoms. The molecule has 1 aliphatic heterocycles. The van der Waals surface area contributed by atoms with E-state index in [0.717, 1.165) is 25.3 Å². The number of nitrogens with one attached hydrogen (secondary N) is 1. The van der Waals surface area contributed by atoms with Gasteiger partial charge in [-0.25, -0.2) is 0 Å². The van der Waals surface area contributed by atoms with E-state index in [0.29, 0.717) is 6.61 Å². The molecule has 3 nitrogen and oxygen atoms in total. The van der Waals surface area contributed by atoms with Crippen LogP contribution in [0.25, 0.3) is 0 Å². The van der Waals surface area contributed by atoms with Crippen molar-refractivity contribution < 1.29 is 4.74 Å². The fourth-order valence-corrected chi connectivity index (χ4v) is 2.27. The Kier molecular flexibility index (Phi) is 4.15. The standard InChI is InChI=1S/C15H20N2O/c1-3-15(18-4-2,14-16-10-11-17-14)12-13-8-6-5-7-9-13/h3,5-9H,1,4,10-12H2,2H3,(H,16,17). The minimum Gasteiger partial charge on any atom is -0.369 e. The van der Waals surface area contributed by atoms with Gasteiger partial charge in [-0.3, -0.25) is 4.99 Å². The Morgan fingerprint density at radius 2 is 2.22 bits per heavy atom. The zero-order chi connectivity index (χ0) is 12.8. The molecule has 0 aromatic heterocycles. The van der Waals surface area contributed by atoms with Crippen molar-refractivity contribution in [2.24, 2.45) is 4.99 Å². The Labute approximate surface area is 109 Å². The van der Waals surface area contributed by atoms with Gasteiger partial charge in [0, 0.05) is 19.6 Å². The third kappa shape index (κ3) is 2.62. The molecule has 96 valence electrons. The van der Waals surface area contributed by atoms with Crippen molar-refractivity contribution in [3.8, 4) is 0 Å². The zero-order valence-electron chi connectivity index (χ0n) is 10.9. The Morgan fingerprint density at radius 1 is 1.44 bits per heavy atom. The highest BCUT2D eigenvalue weighted by Gasteiger charge is 2.35. The summed E-state index contributed by atoms with van der Waals surface area (Å²) < 4.78 is 5.96. The van der Waals surface area contributed by atoms with Crippen LogP contribution in [0.2, 0.25) is 0 Å². The molecule has 1 aliphatic rings. The predicted molar refractivity (Wildman–Crippen MR) is 75.0 cm³/mol. The van der Waals surface area contributed by atoms with Crippen molar-refractivity contribution >= 4 is 5.84 Å². The Hall–Kier alpha value is -1.61. The number of nitrogens with zero attached hydrogens (tertiary/aromatic N) is 1. The highest BCUT2D eigenvalue weighted by atomic mass is 16.5. The fourth-order valence-electron chi connectivity index (χ4n) is 2.27. The van der Waals surface area contributed by atoms with E-state index in [1.54, 1.807) is 0 Å². The molecular weight excluding hydrogens is 224 g/mol. The number of aliphatic imine (C=N–C) groups is 1. The van der Waals surface area contributed by atoms with E-state index in [-0.39, 0.29) is 0 Å². The molecular formula is C15H20N2O. The first-order chi connectivity index (χ1) is 8.80. The number of amidine groups is 1. The van der Waals surface area contributed by atoms with Crippen LogP contribution in [-0.4, -0.2) is 31.1 Å². The van der Waals surface area contributed by atoms with Crippen LogP contribution >= 0.6 is 0 Å². The average Bonchev–Trinajstić information content (AvgIpc) is 2.94. The summed E-state index contributed by atoms with van der Waals surface area (Å²) in [4.78, 5) is 4.50. The van der Waals surface area contributed by atoms with Gasteiger partial charge < -0.3 is 10.1 Å². The summed E-state index contributed by atoms with van der Waals surface area (Å²) in [6.45, 7) is 8.28. The first kappa shape index (κ1) is 12.8. The molecule has 0 radical (unpaired) electrons. The molecule has 0 saturated carbocycles. The van der Waals surface area contributed by atoms with Gasteiger partial charge in [0.15, 0.2) is 0 Å². The van der Waals surface area contributed by atoms with Gasteiger partial charge in [0.05, 0.1) is 6.54 Å². The summed E-state index contributed by atoms with van der Waals surface area (Å²) in [7, 11) is 0. The second-order valence-corrected chi connectivity index (χ2v) is 4.35. The van der Waals surface area contributed by atoms with E-state index < -0.39 is 5.60 Å². The molecule has 0 fully saturated rings. The minimum absolute atomic E-state index is 0.521. The van der Waals surface area contributed by atoms with Crippen LogP contribution < -0.4 is 5.32 Å². The van der Waals surface area contributed by atoms with Gasteiger partial charge >= 0.3 is 0 Å². The quantitative estimate of drug-likeness (QED) is 0.778. The summed E-state index contributed by atoms with van der Waals surface area (Å²) in [5.41, 5.74) is 0.703. The topological polar surface area (TPSA) is 33.6 Å². The van der Waals surface area contributed by atoms with Crippen LogP contribution in [0.5, 0.6) is 0 Å². The lowest BCUT2D eigenvalue weighted by molar-refractivity contribution is 0.0503. The Balaban J connectivity index is 2.26. The highest BCUT2D eigenvalue weighted by molar-refractivity contribution is 5.94. The van der Waals surface area contributed by atoms with Gasteiger partial charge in [-0.15, -0.1) is 0 Å². The van der Waals surface area contributed by atoms with Gasteiger partial charge in [0.1, 0.15) is 11.4 Å². The first-order valence-corrected chi connectivity index (χ1v) is 6.41. The monoisotopic (exact) mass is 244 g/mol. The summed E-state index contributed by atoms with van der Waals surface area (Å²) in [5, 5.41) is 3.31. The van der Waals surface area contributed by atoms with Crippen LogP contribution in [0.4, 0.5) is 0 Å². The third-order valence-electron chi connectivity index (χ3n) is 3.12. The molecule has 0 spiro atoms. The zero-order valence-corrected chi connectivity index (χ0v) is 10.9. The van der Waals surface area contributed by atoms with E-state index in [9.17, 15) is 0 Å². The average molecular weight is 244 g/mol. The largest absolute Gasteiger partial charge is 0.369 e. The maximum absolute atomic E-state index is 5.96.